The van der Waals surface area contributed by atoms with Crippen LogP contribution in [0.3, 0.4) is 0 Å². The van der Waals surface area contributed by atoms with Crippen molar-refractivity contribution in [3.05, 3.63) is 71.4 Å². The molecule has 20 heavy (non-hydrogen) atoms. The number of anilines is 1. The van der Waals surface area contributed by atoms with Crippen LogP contribution in [0.25, 0.3) is 0 Å². The van der Waals surface area contributed by atoms with E-state index in [4.69, 9.17) is 0 Å². The minimum absolute atomic E-state index is 0.281. The molecule has 0 aromatic heterocycles. The Bertz CT molecular complexity index is 626. The van der Waals surface area contributed by atoms with Gasteiger partial charge in [0.25, 0.3) is 0 Å². The Kier molecular flexibility index (Phi) is 4.96. The van der Waals surface area contributed by atoms with Gasteiger partial charge in [0, 0.05) is 16.7 Å². The van der Waals surface area contributed by atoms with E-state index in [1.165, 1.54) is 23.9 Å². The molecule has 0 fully saturated rings. The SMILES string of the molecule is Cc1ccc(NC(=O)C=CSc2ccccc2)cc1F. The first-order chi connectivity index (χ1) is 9.65. The largest absolute Gasteiger partial charge is 0.322 e. The van der Waals surface area contributed by atoms with Gasteiger partial charge in [-0.3, -0.25) is 4.79 Å². The average molecular weight is 287 g/mol. The zero-order valence-corrected chi connectivity index (χ0v) is 11.8. The van der Waals surface area contributed by atoms with Crippen LogP contribution in [0.1, 0.15) is 5.56 Å². The fourth-order valence-corrected chi connectivity index (χ4v) is 2.19. The Morgan fingerprint density at radius 2 is 1.95 bits per heavy atom. The lowest BCUT2D eigenvalue weighted by Crippen LogP contribution is -2.07. The molecule has 0 bridgehead atoms. The van der Waals surface area contributed by atoms with E-state index in [1.54, 1.807) is 24.5 Å². The molecule has 0 spiro atoms. The van der Waals surface area contributed by atoms with E-state index in [-0.39, 0.29) is 11.7 Å². The molecule has 0 atom stereocenters. The summed E-state index contributed by atoms with van der Waals surface area (Å²) in [5.41, 5.74) is 1.01. The number of carbonyl (C=O) groups excluding carboxylic acids is 1. The first kappa shape index (κ1) is 14.3. The smallest absolute Gasteiger partial charge is 0.248 e. The van der Waals surface area contributed by atoms with Gasteiger partial charge < -0.3 is 5.32 Å². The van der Waals surface area contributed by atoms with Gasteiger partial charge in [-0.2, -0.15) is 0 Å². The zero-order valence-electron chi connectivity index (χ0n) is 11.0. The van der Waals surface area contributed by atoms with Crippen molar-refractivity contribution in [2.24, 2.45) is 0 Å². The first-order valence-electron chi connectivity index (χ1n) is 6.10. The normalized spacial score (nSPS) is 10.7. The molecular formula is C16H14FNOS. The second kappa shape index (κ2) is 6.91. The quantitative estimate of drug-likeness (QED) is 0.668. The van der Waals surface area contributed by atoms with Crippen molar-refractivity contribution >= 4 is 23.4 Å². The van der Waals surface area contributed by atoms with E-state index in [1.807, 2.05) is 30.3 Å². The van der Waals surface area contributed by atoms with E-state index in [0.717, 1.165) is 4.90 Å². The summed E-state index contributed by atoms with van der Waals surface area (Å²) >= 11 is 1.45. The summed E-state index contributed by atoms with van der Waals surface area (Å²) in [5, 5.41) is 4.32. The van der Waals surface area contributed by atoms with Gasteiger partial charge >= 0.3 is 0 Å². The molecule has 0 unspecified atom stereocenters. The summed E-state index contributed by atoms with van der Waals surface area (Å²) in [4.78, 5) is 12.7. The third kappa shape index (κ3) is 4.24. The van der Waals surface area contributed by atoms with Crippen LogP contribution < -0.4 is 5.32 Å². The van der Waals surface area contributed by atoms with Gasteiger partial charge in [0.15, 0.2) is 0 Å². The van der Waals surface area contributed by atoms with Crippen molar-refractivity contribution < 1.29 is 9.18 Å². The molecule has 0 saturated heterocycles. The van der Waals surface area contributed by atoms with E-state index >= 15 is 0 Å². The van der Waals surface area contributed by atoms with Crippen LogP contribution in [0, 0.1) is 12.7 Å². The third-order valence-electron chi connectivity index (χ3n) is 2.61. The molecule has 0 aliphatic heterocycles. The zero-order chi connectivity index (χ0) is 14.4. The van der Waals surface area contributed by atoms with E-state index < -0.39 is 0 Å². The number of hydrogen-bond donors (Lipinski definition) is 1. The number of hydrogen-bond acceptors (Lipinski definition) is 2. The third-order valence-corrected chi connectivity index (χ3v) is 3.42. The monoisotopic (exact) mass is 287 g/mol. The van der Waals surface area contributed by atoms with E-state index in [9.17, 15) is 9.18 Å². The van der Waals surface area contributed by atoms with Crippen molar-refractivity contribution in [3.8, 4) is 0 Å². The topological polar surface area (TPSA) is 29.1 Å². The van der Waals surface area contributed by atoms with Crippen LogP contribution in [0.4, 0.5) is 10.1 Å². The van der Waals surface area contributed by atoms with Crippen molar-refractivity contribution in [1.29, 1.82) is 0 Å². The summed E-state index contributed by atoms with van der Waals surface area (Å²) in [6, 6.07) is 14.3. The number of halogens is 1. The van der Waals surface area contributed by atoms with Crippen molar-refractivity contribution in [2.75, 3.05) is 5.32 Å². The lowest BCUT2D eigenvalue weighted by atomic mass is 10.2. The number of thioether (sulfide) groups is 1. The van der Waals surface area contributed by atoms with Crippen LogP contribution in [0.5, 0.6) is 0 Å². The summed E-state index contributed by atoms with van der Waals surface area (Å²) < 4.78 is 13.3. The summed E-state index contributed by atoms with van der Waals surface area (Å²) in [5.74, 6) is -0.609. The molecule has 1 N–H and O–H groups in total. The number of carbonyl (C=O) groups is 1. The molecule has 0 radical (unpaired) electrons. The maximum absolute atomic E-state index is 13.3. The molecule has 2 rings (SSSR count). The lowest BCUT2D eigenvalue weighted by Gasteiger charge is -2.03. The maximum Gasteiger partial charge on any atom is 0.248 e. The van der Waals surface area contributed by atoms with Crippen molar-refractivity contribution in [1.82, 2.24) is 0 Å². The van der Waals surface area contributed by atoms with Crippen LogP contribution in [-0.4, -0.2) is 5.91 Å². The average Bonchev–Trinajstić information content (AvgIpc) is 2.44. The highest BCUT2D eigenvalue weighted by molar-refractivity contribution is 8.02. The fourth-order valence-electron chi connectivity index (χ4n) is 1.53. The molecule has 4 heteroatoms. The van der Waals surface area contributed by atoms with Gasteiger partial charge in [0.2, 0.25) is 5.91 Å². The van der Waals surface area contributed by atoms with Crippen LogP contribution in [0.15, 0.2) is 64.9 Å². The van der Waals surface area contributed by atoms with Crippen LogP contribution >= 0.6 is 11.8 Å². The molecule has 2 aromatic carbocycles. The standard InChI is InChI=1S/C16H14FNOS/c1-12-7-8-13(11-15(12)17)18-16(19)9-10-20-14-5-3-2-4-6-14/h2-11H,1H3,(H,18,19). The van der Waals surface area contributed by atoms with Gasteiger partial charge in [-0.15, -0.1) is 0 Å². The highest BCUT2D eigenvalue weighted by Crippen LogP contribution is 2.18. The number of rotatable bonds is 4. The highest BCUT2D eigenvalue weighted by atomic mass is 32.2. The number of benzene rings is 2. The Labute approximate surface area is 121 Å². The summed E-state index contributed by atoms with van der Waals surface area (Å²) in [7, 11) is 0. The van der Waals surface area contributed by atoms with Crippen LogP contribution in [0.2, 0.25) is 0 Å². The Balaban J connectivity index is 1.90. The molecule has 0 aliphatic rings. The second-order valence-corrected chi connectivity index (χ2v) is 5.17. The fraction of sp³-hybridized carbons (Fsp3) is 0.0625. The highest BCUT2D eigenvalue weighted by Gasteiger charge is 2.01. The van der Waals surface area contributed by atoms with Gasteiger partial charge in [0.1, 0.15) is 5.82 Å². The number of aryl methyl sites for hydroxylation is 1. The minimum atomic E-state index is -0.328. The van der Waals surface area contributed by atoms with Crippen LogP contribution in [-0.2, 0) is 4.79 Å². The Morgan fingerprint density at radius 3 is 2.65 bits per heavy atom. The maximum atomic E-state index is 13.3. The van der Waals surface area contributed by atoms with Crippen molar-refractivity contribution in [3.63, 3.8) is 0 Å². The molecule has 1 amide bonds. The first-order valence-corrected chi connectivity index (χ1v) is 6.98. The molecule has 2 nitrogen and oxygen atoms in total. The predicted octanol–water partition coefficient (Wildman–Crippen LogP) is 4.38. The molecule has 0 heterocycles. The van der Waals surface area contributed by atoms with Gasteiger partial charge in [-0.25, -0.2) is 4.39 Å². The van der Waals surface area contributed by atoms with Gasteiger partial charge in [0.05, 0.1) is 0 Å². The van der Waals surface area contributed by atoms with Gasteiger partial charge in [-0.05, 0) is 42.2 Å². The Hall–Kier alpha value is -2.07. The summed E-state index contributed by atoms with van der Waals surface area (Å²) in [6.07, 6.45) is 1.43. The molecule has 102 valence electrons. The van der Waals surface area contributed by atoms with E-state index in [0.29, 0.717) is 11.3 Å². The molecule has 2 aromatic rings. The number of nitrogens with one attached hydrogen (secondary N) is 1. The Morgan fingerprint density at radius 1 is 1.20 bits per heavy atom. The second-order valence-electron chi connectivity index (χ2n) is 4.19. The molecule has 0 aliphatic carbocycles. The van der Waals surface area contributed by atoms with Crippen molar-refractivity contribution in [2.45, 2.75) is 11.8 Å². The van der Waals surface area contributed by atoms with E-state index in [2.05, 4.69) is 5.32 Å². The lowest BCUT2D eigenvalue weighted by molar-refractivity contribution is -0.111. The number of amides is 1. The molecule has 0 saturated carbocycles. The molecular weight excluding hydrogens is 273 g/mol. The predicted molar refractivity (Wildman–Crippen MR) is 81.2 cm³/mol. The van der Waals surface area contributed by atoms with Gasteiger partial charge in [-0.1, -0.05) is 36.0 Å². The summed E-state index contributed by atoms with van der Waals surface area (Å²) in [6.45, 7) is 1.68. The minimum Gasteiger partial charge on any atom is -0.322 e.